The molecule has 0 saturated heterocycles. The van der Waals surface area contributed by atoms with Gasteiger partial charge in [-0.15, -0.1) is 0 Å². The van der Waals surface area contributed by atoms with Crippen molar-refractivity contribution < 1.29 is 9.59 Å². The highest BCUT2D eigenvalue weighted by molar-refractivity contribution is 6.30. The summed E-state index contributed by atoms with van der Waals surface area (Å²) in [6, 6.07) is 15.6. The zero-order chi connectivity index (χ0) is 22.3. The maximum Gasteiger partial charge on any atom is 0.268 e. The lowest BCUT2D eigenvalue weighted by molar-refractivity contribution is 0.0909. The second-order valence-electron chi connectivity index (χ2n) is 8.80. The van der Waals surface area contributed by atoms with Crippen LogP contribution in [0.5, 0.6) is 0 Å². The normalized spacial score (nSPS) is 14.8. The minimum absolute atomic E-state index is 0.0624. The molecule has 158 valence electrons. The van der Waals surface area contributed by atoms with Gasteiger partial charge in [0.25, 0.3) is 11.5 Å². The van der Waals surface area contributed by atoms with Gasteiger partial charge in [0.2, 0.25) is 0 Å². The molecular weight excluding hydrogens is 412 g/mol. The fourth-order valence-electron chi connectivity index (χ4n) is 3.98. The highest BCUT2D eigenvalue weighted by atomic mass is 35.5. The van der Waals surface area contributed by atoms with Crippen LogP contribution in [0.25, 0.3) is 5.69 Å². The Morgan fingerprint density at radius 1 is 1.00 bits per heavy atom. The van der Waals surface area contributed by atoms with Crippen LogP contribution >= 0.6 is 11.6 Å². The van der Waals surface area contributed by atoms with E-state index in [0.717, 1.165) is 5.56 Å². The quantitative estimate of drug-likeness (QED) is 0.615. The number of rotatable bonds is 3. The Hall–Kier alpha value is -3.18. The fraction of sp³-hybridized carbons (Fsp3) is 0.240. The number of nitrogens with zero attached hydrogens (tertiary/aromatic N) is 1. The predicted octanol–water partition coefficient (Wildman–Crippen LogP) is 5.21. The number of hydrogen-bond acceptors (Lipinski definition) is 3. The molecule has 1 aliphatic rings. The lowest BCUT2D eigenvalue weighted by atomic mass is 9.75. The molecule has 0 spiro atoms. The molecule has 1 N–H and O–H groups in total. The summed E-state index contributed by atoms with van der Waals surface area (Å²) in [5.41, 5.74) is 2.51. The van der Waals surface area contributed by atoms with Gasteiger partial charge in [-0.05, 0) is 61.2 Å². The van der Waals surface area contributed by atoms with Gasteiger partial charge in [-0.2, -0.15) is 0 Å². The number of ketones is 1. The standard InChI is InChI=1S/C25H23ClN2O3/c1-15-4-10-18(11-5-15)28-21-13-25(2,3)14-22(29)19(21)12-20(24(28)31)23(30)27-17-8-6-16(26)7-9-17/h4-12H,13-14H2,1-3H3,(H,27,30). The van der Waals surface area contributed by atoms with E-state index >= 15 is 0 Å². The zero-order valence-electron chi connectivity index (χ0n) is 17.7. The van der Waals surface area contributed by atoms with Gasteiger partial charge in [0, 0.05) is 34.1 Å². The first-order chi connectivity index (χ1) is 14.6. The van der Waals surface area contributed by atoms with Crippen LogP contribution in [0.4, 0.5) is 5.69 Å². The molecule has 6 heteroatoms. The molecule has 0 radical (unpaired) electrons. The van der Waals surface area contributed by atoms with Crippen LogP contribution in [0.3, 0.4) is 0 Å². The molecule has 0 unspecified atom stereocenters. The fourth-order valence-corrected chi connectivity index (χ4v) is 4.10. The number of carbonyl (C=O) groups excluding carboxylic acids is 2. The Bertz CT molecular complexity index is 1240. The average molecular weight is 435 g/mol. The van der Waals surface area contributed by atoms with Crippen molar-refractivity contribution in [2.24, 2.45) is 5.41 Å². The van der Waals surface area contributed by atoms with Gasteiger partial charge in [-0.3, -0.25) is 19.0 Å². The van der Waals surface area contributed by atoms with E-state index in [0.29, 0.717) is 40.5 Å². The summed E-state index contributed by atoms with van der Waals surface area (Å²) >= 11 is 5.91. The molecule has 0 aliphatic heterocycles. The number of halogens is 1. The van der Waals surface area contributed by atoms with Crippen LogP contribution in [0, 0.1) is 12.3 Å². The van der Waals surface area contributed by atoms with Gasteiger partial charge in [0.05, 0.1) is 0 Å². The third-order valence-corrected chi connectivity index (χ3v) is 5.78. The van der Waals surface area contributed by atoms with Crippen molar-refractivity contribution in [3.05, 3.63) is 92.4 Å². The van der Waals surface area contributed by atoms with Gasteiger partial charge in [0.15, 0.2) is 5.78 Å². The van der Waals surface area contributed by atoms with E-state index in [1.807, 2.05) is 45.0 Å². The van der Waals surface area contributed by atoms with Crippen molar-refractivity contribution in [2.45, 2.75) is 33.6 Å². The Kier molecular flexibility index (Phi) is 5.31. The van der Waals surface area contributed by atoms with Crippen molar-refractivity contribution in [2.75, 3.05) is 5.32 Å². The molecule has 1 heterocycles. The van der Waals surface area contributed by atoms with Gasteiger partial charge in [0.1, 0.15) is 5.56 Å². The summed E-state index contributed by atoms with van der Waals surface area (Å²) in [6.07, 6.45) is 0.931. The van der Waals surface area contributed by atoms with E-state index < -0.39 is 11.5 Å². The number of pyridine rings is 1. The van der Waals surface area contributed by atoms with Crippen LogP contribution in [0.2, 0.25) is 5.02 Å². The van der Waals surface area contributed by atoms with Gasteiger partial charge < -0.3 is 5.32 Å². The molecule has 31 heavy (non-hydrogen) atoms. The van der Waals surface area contributed by atoms with E-state index in [1.54, 1.807) is 24.3 Å². The lowest BCUT2D eigenvalue weighted by Crippen LogP contribution is -2.37. The minimum Gasteiger partial charge on any atom is -0.322 e. The van der Waals surface area contributed by atoms with Gasteiger partial charge in [-0.1, -0.05) is 43.1 Å². The topological polar surface area (TPSA) is 68.2 Å². The second kappa shape index (κ2) is 7.82. The number of fused-ring (bicyclic) bond motifs is 1. The second-order valence-corrected chi connectivity index (χ2v) is 9.23. The molecule has 0 saturated carbocycles. The number of amides is 1. The number of carbonyl (C=O) groups is 2. The predicted molar refractivity (Wildman–Crippen MR) is 123 cm³/mol. The average Bonchev–Trinajstić information content (AvgIpc) is 2.69. The Balaban J connectivity index is 1.88. The highest BCUT2D eigenvalue weighted by Gasteiger charge is 2.35. The van der Waals surface area contributed by atoms with Crippen LogP contribution in [0.1, 0.15) is 52.2 Å². The van der Waals surface area contributed by atoms with Crippen molar-refractivity contribution >= 4 is 29.0 Å². The number of nitrogens with one attached hydrogen (secondary N) is 1. The maximum atomic E-state index is 13.5. The molecule has 1 aliphatic carbocycles. The summed E-state index contributed by atoms with van der Waals surface area (Å²) in [4.78, 5) is 39.5. The minimum atomic E-state index is -0.561. The van der Waals surface area contributed by atoms with E-state index in [2.05, 4.69) is 5.32 Å². The molecule has 0 atom stereocenters. The first kappa shape index (κ1) is 21.1. The number of aromatic nitrogens is 1. The molecule has 0 bridgehead atoms. The largest absolute Gasteiger partial charge is 0.322 e. The molecular formula is C25H23ClN2O3. The van der Waals surface area contributed by atoms with Crippen LogP contribution in [0.15, 0.2) is 59.4 Å². The number of Topliss-reactive ketones (excluding diaryl/α,β-unsaturated/α-hetero) is 1. The van der Waals surface area contributed by atoms with Gasteiger partial charge >= 0.3 is 0 Å². The summed E-state index contributed by atoms with van der Waals surface area (Å²) < 4.78 is 1.52. The smallest absolute Gasteiger partial charge is 0.268 e. The summed E-state index contributed by atoms with van der Waals surface area (Å²) in [5, 5.41) is 3.27. The van der Waals surface area contributed by atoms with Crippen molar-refractivity contribution in [1.29, 1.82) is 0 Å². The number of hydrogen-bond donors (Lipinski definition) is 1. The van der Waals surface area contributed by atoms with Crippen LogP contribution in [-0.2, 0) is 6.42 Å². The SMILES string of the molecule is Cc1ccc(-n2c3c(cc(C(=O)Nc4ccc(Cl)cc4)c2=O)C(=O)CC(C)(C)C3)cc1. The number of anilines is 1. The summed E-state index contributed by atoms with van der Waals surface area (Å²) in [7, 11) is 0. The molecule has 1 amide bonds. The highest BCUT2D eigenvalue weighted by Crippen LogP contribution is 2.35. The molecule has 1 aromatic heterocycles. The maximum absolute atomic E-state index is 13.5. The lowest BCUT2D eigenvalue weighted by Gasteiger charge is -2.32. The van der Waals surface area contributed by atoms with Crippen LogP contribution in [-0.4, -0.2) is 16.3 Å². The van der Waals surface area contributed by atoms with Gasteiger partial charge in [-0.25, -0.2) is 0 Å². The van der Waals surface area contributed by atoms with Crippen molar-refractivity contribution in [3.8, 4) is 5.69 Å². The first-order valence-corrected chi connectivity index (χ1v) is 10.5. The molecule has 0 fully saturated rings. The molecule has 5 nitrogen and oxygen atoms in total. The van der Waals surface area contributed by atoms with E-state index in [9.17, 15) is 14.4 Å². The molecule has 2 aromatic carbocycles. The van der Waals surface area contributed by atoms with E-state index in [1.165, 1.54) is 10.6 Å². The zero-order valence-corrected chi connectivity index (χ0v) is 18.4. The Morgan fingerprint density at radius 2 is 1.65 bits per heavy atom. The molecule has 3 aromatic rings. The van der Waals surface area contributed by atoms with E-state index in [4.69, 9.17) is 11.6 Å². The Labute approximate surface area is 185 Å². The third kappa shape index (κ3) is 4.19. The summed E-state index contributed by atoms with van der Waals surface area (Å²) in [6.45, 7) is 5.99. The van der Waals surface area contributed by atoms with Crippen molar-refractivity contribution in [3.63, 3.8) is 0 Å². The Morgan fingerprint density at radius 3 is 2.29 bits per heavy atom. The first-order valence-electron chi connectivity index (χ1n) is 10.1. The van der Waals surface area contributed by atoms with E-state index in [-0.39, 0.29) is 16.8 Å². The number of aryl methyl sites for hydroxylation is 1. The van der Waals surface area contributed by atoms with Crippen molar-refractivity contribution in [1.82, 2.24) is 4.57 Å². The summed E-state index contributed by atoms with van der Waals surface area (Å²) in [5.74, 6) is -0.624. The van der Waals surface area contributed by atoms with Crippen LogP contribution < -0.4 is 10.9 Å². The third-order valence-electron chi connectivity index (χ3n) is 5.53. The number of benzene rings is 2. The molecule has 4 rings (SSSR count). The monoisotopic (exact) mass is 434 g/mol.